The molecule has 3 unspecified atom stereocenters. The molecule has 2 amide bonds. The Hall–Kier alpha value is -1.89. The summed E-state index contributed by atoms with van der Waals surface area (Å²) in [5.41, 5.74) is 0.498. The highest BCUT2D eigenvalue weighted by Gasteiger charge is 2.39. The predicted molar refractivity (Wildman–Crippen MR) is 86.0 cm³/mol. The first-order valence-corrected chi connectivity index (χ1v) is 8.07. The van der Waals surface area contributed by atoms with Crippen LogP contribution in [0.5, 0.6) is 5.75 Å². The monoisotopic (exact) mass is 342 g/mol. The molecule has 0 bridgehead atoms. The Kier molecular flexibility index (Phi) is 5.99. The van der Waals surface area contributed by atoms with Gasteiger partial charge in [0.05, 0.1) is 12.6 Å². The number of aliphatic hydroxyl groups excluding tert-OH is 1. The van der Waals surface area contributed by atoms with E-state index in [9.17, 15) is 18.7 Å². The Labute approximate surface area is 140 Å². The molecular weight excluding hydrogens is 318 g/mol. The topological polar surface area (TPSA) is 70.6 Å². The number of carbonyl (C=O) groups is 1. The van der Waals surface area contributed by atoms with Gasteiger partial charge in [-0.05, 0) is 37.5 Å². The van der Waals surface area contributed by atoms with Crippen LogP contribution in [0.15, 0.2) is 24.3 Å². The molecule has 0 heterocycles. The Morgan fingerprint density at radius 2 is 2.08 bits per heavy atom. The number of nitrogens with one attached hydrogen (secondary N) is 2. The van der Waals surface area contributed by atoms with Gasteiger partial charge >= 0.3 is 12.6 Å². The molecule has 1 aliphatic rings. The standard InChI is InChI=1S/C17H24F2N2O3/c1-11(12-5-7-13(8-6-12)24-15(18)19)20-16(23)21-14-4-3-9-17(14,2)10-22/h5-8,11,14-15,22H,3-4,9-10H2,1-2H3,(H2,20,21,23). The van der Waals surface area contributed by atoms with Gasteiger partial charge in [-0.1, -0.05) is 25.5 Å². The largest absolute Gasteiger partial charge is 0.435 e. The van der Waals surface area contributed by atoms with Crippen molar-refractivity contribution in [2.75, 3.05) is 6.61 Å². The fraction of sp³-hybridized carbons (Fsp3) is 0.588. The number of hydrogen-bond acceptors (Lipinski definition) is 3. The average Bonchev–Trinajstić information content (AvgIpc) is 2.89. The summed E-state index contributed by atoms with van der Waals surface area (Å²) in [6.45, 7) is 0.960. The minimum absolute atomic E-state index is 0.0408. The quantitative estimate of drug-likeness (QED) is 0.743. The van der Waals surface area contributed by atoms with Crippen LogP contribution in [0.3, 0.4) is 0 Å². The molecule has 7 heteroatoms. The van der Waals surface area contributed by atoms with Gasteiger partial charge in [0.25, 0.3) is 0 Å². The van der Waals surface area contributed by atoms with Crippen LogP contribution < -0.4 is 15.4 Å². The smallest absolute Gasteiger partial charge is 0.387 e. The SMILES string of the molecule is CC(NC(=O)NC1CCCC1(C)CO)c1ccc(OC(F)F)cc1. The number of rotatable bonds is 6. The van der Waals surface area contributed by atoms with Gasteiger partial charge < -0.3 is 20.5 Å². The molecule has 1 aromatic rings. The summed E-state index contributed by atoms with van der Waals surface area (Å²) in [5.74, 6) is 0.0788. The molecule has 5 nitrogen and oxygen atoms in total. The molecule has 0 aliphatic heterocycles. The highest BCUT2D eigenvalue weighted by atomic mass is 19.3. The normalized spacial score (nSPS) is 24.7. The van der Waals surface area contributed by atoms with Crippen LogP contribution in [0.25, 0.3) is 0 Å². The van der Waals surface area contributed by atoms with E-state index in [0.29, 0.717) is 0 Å². The number of aliphatic hydroxyl groups is 1. The third-order valence-electron chi connectivity index (χ3n) is 4.70. The maximum absolute atomic E-state index is 12.2. The fourth-order valence-corrected chi connectivity index (χ4v) is 3.09. The van der Waals surface area contributed by atoms with Gasteiger partial charge in [-0.2, -0.15) is 8.78 Å². The molecule has 0 saturated heterocycles. The van der Waals surface area contributed by atoms with E-state index in [1.807, 2.05) is 13.8 Å². The van der Waals surface area contributed by atoms with Gasteiger partial charge in [0.1, 0.15) is 5.75 Å². The van der Waals surface area contributed by atoms with Crippen LogP contribution in [0.2, 0.25) is 0 Å². The lowest BCUT2D eigenvalue weighted by molar-refractivity contribution is -0.0498. The van der Waals surface area contributed by atoms with Crippen molar-refractivity contribution in [1.82, 2.24) is 10.6 Å². The molecule has 24 heavy (non-hydrogen) atoms. The molecular formula is C17H24F2N2O3. The van der Waals surface area contributed by atoms with E-state index in [1.165, 1.54) is 12.1 Å². The van der Waals surface area contributed by atoms with Gasteiger partial charge in [0.15, 0.2) is 0 Å². The van der Waals surface area contributed by atoms with Crippen LogP contribution >= 0.6 is 0 Å². The molecule has 3 atom stereocenters. The Balaban J connectivity index is 1.89. The number of ether oxygens (including phenoxy) is 1. The van der Waals surface area contributed by atoms with Gasteiger partial charge in [0.2, 0.25) is 0 Å². The van der Waals surface area contributed by atoms with Crippen LogP contribution in [0.4, 0.5) is 13.6 Å². The number of benzene rings is 1. The zero-order chi connectivity index (χ0) is 17.7. The highest BCUT2D eigenvalue weighted by Crippen LogP contribution is 2.37. The van der Waals surface area contributed by atoms with E-state index in [0.717, 1.165) is 24.8 Å². The minimum atomic E-state index is -2.86. The van der Waals surface area contributed by atoms with Crippen molar-refractivity contribution < 1.29 is 23.4 Å². The zero-order valence-corrected chi connectivity index (χ0v) is 13.9. The summed E-state index contributed by atoms with van der Waals surface area (Å²) < 4.78 is 28.6. The summed E-state index contributed by atoms with van der Waals surface area (Å²) in [5, 5.41) is 15.3. The number of halogens is 2. The lowest BCUT2D eigenvalue weighted by Crippen LogP contribution is -2.49. The number of alkyl halides is 2. The maximum atomic E-state index is 12.2. The van der Waals surface area contributed by atoms with Crippen LogP contribution in [0.1, 0.15) is 44.7 Å². The van der Waals surface area contributed by atoms with Gasteiger partial charge in [0, 0.05) is 11.5 Å². The van der Waals surface area contributed by atoms with Gasteiger partial charge in [-0.25, -0.2) is 4.79 Å². The first-order chi connectivity index (χ1) is 11.3. The summed E-state index contributed by atoms with van der Waals surface area (Å²) in [6.07, 6.45) is 2.71. The van der Waals surface area contributed by atoms with Crippen molar-refractivity contribution in [1.29, 1.82) is 0 Å². The van der Waals surface area contributed by atoms with Crippen LogP contribution in [-0.4, -0.2) is 30.4 Å². The molecule has 2 rings (SSSR count). The van der Waals surface area contributed by atoms with Gasteiger partial charge in [-0.3, -0.25) is 0 Å². The maximum Gasteiger partial charge on any atom is 0.387 e. The van der Waals surface area contributed by atoms with Crippen molar-refractivity contribution >= 4 is 6.03 Å². The van der Waals surface area contributed by atoms with E-state index in [1.54, 1.807) is 12.1 Å². The fourth-order valence-electron chi connectivity index (χ4n) is 3.09. The van der Waals surface area contributed by atoms with E-state index in [2.05, 4.69) is 15.4 Å². The number of hydrogen-bond donors (Lipinski definition) is 3. The Bertz CT molecular complexity index is 553. The summed E-state index contributed by atoms with van der Waals surface area (Å²) in [4.78, 5) is 12.2. The molecule has 3 N–H and O–H groups in total. The van der Waals surface area contributed by atoms with Crippen LogP contribution in [-0.2, 0) is 0 Å². The number of amides is 2. The lowest BCUT2D eigenvalue weighted by Gasteiger charge is -2.30. The Morgan fingerprint density at radius 1 is 1.42 bits per heavy atom. The molecule has 1 saturated carbocycles. The zero-order valence-electron chi connectivity index (χ0n) is 13.9. The van der Waals surface area contributed by atoms with Crippen molar-refractivity contribution in [3.63, 3.8) is 0 Å². The second-order valence-corrected chi connectivity index (χ2v) is 6.54. The predicted octanol–water partition coefficient (Wildman–Crippen LogP) is 3.20. The van der Waals surface area contributed by atoms with E-state index >= 15 is 0 Å². The minimum Gasteiger partial charge on any atom is -0.435 e. The number of carbonyl (C=O) groups excluding carboxylic acids is 1. The Morgan fingerprint density at radius 3 is 2.67 bits per heavy atom. The van der Waals surface area contributed by atoms with Crippen molar-refractivity contribution in [2.24, 2.45) is 5.41 Å². The molecule has 134 valence electrons. The first kappa shape index (κ1) is 18.4. The summed E-state index contributed by atoms with van der Waals surface area (Å²) in [7, 11) is 0. The highest BCUT2D eigenvalue weighted by molar-refractivity contribution is 5.75. The van der Waals surface area contributed by atoms with E-state index in [-0.39, 0.29) is 35.9 Å². The second kappa shape index (κ2) is 7.79. The van der Waals surface area contributed by atoms with Crippen molar-refractivity contribution in [3.8, 4) is 5.75 Å². The second-order valence-electron chi connectivity index (χ2n) is 6.54. The van der Waals surface area contributed by atoms with E-state index in [4.69, 9.17) is 0 Å². The lowest BCUT2D eigenvalue weighted by atomic mass is 9.86. The molecule has 0 radical (unpaired) electrons. The molecule has 1 aliphatic carbocycles. The summed E-state index contributed by atoms with van der Waals surface area (Å²) >= 11 is 0. The van der Waals surface area contributed by atoms with Gasteiger partial charge in [-0.15, -0.1) is 0 Å². The molecule has 0 spiro atoms. The van der Waals surface area contributed by atoms with Crippen LogP contribution in [0, 0.1) is 5.41 Å². The molecule has 0 aromatic heterocycles. The van der Waals surface area contributed by atoms with Crippen molar-refractivity contribution in [3.05, 3.63) is 29.8 Å². The third kappa shape index (κ3) is 4.56. The third-order valence-corrected chi connectivity index (χ3v) is 4.70. The van der Waals surface area contributed by atoms with E-state index < -0.39 is 6.61 Å². The summed E-state index contributed by atoms with van der Waals surface area (Å²) in [6, 6.07) is 5.51. The molecule has 1 aromatic carbocycles. The number of urea groups is 1. The first-order valence-electron chi connectivity index (χ1n) is 8.07. The molecule has 1 fully saturated rings. The average molecular weight is 342 g/mol. The van der Waals surface area contributed by atoms with Crippen molar-refractivity contribution in [2.45, 2.75) is 51.8 Å².